The van der Waals surface area contributed by atoms with Crippen molar-refractivity contribution in [2.75, 3.05) is 0 Å². The molecule has 0 radical (unpaired) electrons. The molecule has 0 aromatic heterocycles. The lowest BCUT2D eigenvalue weighted by Gasteiger charge is -2.36. The lowest BCUT2D eigenvalue weighted by molar-refractivity contribution is -0.157. The molecular formula is C10H18O5. The van der Waals surface area contributed by atoms with E-state index in [1.165, 1.54) is 0 Å². The molecule has 1 fully saturated rings. The monoisotopic (exact) mass is 218 g/mol. The van der Waals surface area contributed by atoms with Crippen molar-refractivity contribution in [3.8, 4) is 0 Å². The van der Waals surface area contributed by atoms with Crippen LogP contribution in [0.2, 0.25) is 0 Å². The van der Waals surface area contributed by atoms with Crippen LogP contribution in [0.3, 0.4) is 0 Å². The van der Waals surface area contributed by atoms with Gasteiger partial charge in [-0.15, -0.1) is 0 Å². The van der Waals surface area contributed by atoms with Crippen LogP contribution >= 0.6 is 0 Å². The van der Waals surface area contributed by atoms with Crippen molar-refractivity contribution in [1.29, 1.82) is 0 Å². The van der Waals surface area contributed by atoms with Crippen LogP contribution in [0.5, 0.6) is 0 Å². The summed E-state index contributed by atoms with van der Waals surface area (Å²) >= 11 is 0. The molecule has 88 valence electrons. The van der Waals surface area contributed by atoms with E-state index in [9.17, 15) is 9.59 Å². The van der Waals surface area contributed by atoms with Crippen molar-refractivity contribution in [1.82, 2.24) is 0 Å². The van der Waals surface area contributed by atoms with E-state index in [0.717, 1.165) is 0 Å². The van der Waals surface area contributed by atoms with E-state index in [1.54, 1.807) is 20.8 Å². The topological polar surface area (TPSA) is 106 Å². The minimum atomic E-state index is -0.921. The number of carboxylic acid groups (broad SMARTS) is 2. The van der Waals surface area contributed by atoms with E-state index < -0.39 is 28.7 Å². The zero-order valence-corrected chi connectivity index (χ0v) is 9.20. The number of hydrogen-bond donors (Lipinski definition) is 2. The van der Waals surface area contributed by atoms with Crippen LogP contribution in [0.1, 0.15) is 33.6 Å². The maximum absolute atomic E-state index is 11.1. The third-order valence-corrected chi connectivity index (χ3v) is 4.00. The molecule has 15 heavy (non-hydrogen) atoms. The van der Waals surface area contributed by atoms with E-state index in [1.807, 2.05) is 0 Å². The smallest absolute Gasteiger partial charge is 0.309 e. The summed E-state index contributed by atoms with van der Waals surface area (Å²) in [5, 5.41) is 18.1. The quantitative estimate of drug-likeness (QED) is 0.713. The summed E-state index contributed by atoms with van der Waals surface area (Å²) in [6, 6.07) is 0. The largest absolute Gasteiger partial charge is 0.481 e. The Labute approximate surface area is 88.4 Å². The standard InChI is InChI=1S/C10H16O4.H2O/c1-9(2)6(7(11)12)4-5-10(9,3)8(13)14;/h6H,4-5H2,1-3H3,(H,11,12)(H,13,14);1H2/t6?,10-;/m0./s1. The molecule has 1 aliphatic carbocycles. The first-order chi connectivity index (χ1) is 6.23. The van der Waals surface area contributed by atoms with E-state index in [0.29, 0.717) is 12.8 Å². The number of carbonyl (C=O) groups is 2. The predicted molar refractivity (Wildman–Crippen MR) is 53.5 cm³/mol. The Kier molecular flexibility index (Phi) is 3.53. The highest BCUT2D eigenvalue weighted by atomic mass is 16.4. The second-order valence-electron chi connectivity index (χ2n) is 4.79. The second-order valence-corrected chi connectivity index (χ2v) is 4.79. The van der Waals surface area contributed by atoms with Crippen molar-refractivity contribution < 1.29 is 25.3 Å². The van der Waals surface area contributed by atoms with E-state index in [-0.39, 0.29) is 5.48 Å². The fourth-order valence-corrected chi connectivity index (χ4v) is 2.32. The maximum Gasteiger partial charge on any atom is 0.309 e. The fourth-order valence-electron chi connectivity index (χ4n) is 2.32. The van der Waals surface area contributed by atoms with Crippen LogP contribution in [0.15, 0.2) is 0 Å². The molecule has 0 spiro atoms. The normalized spacial score (nSPS) is 33.1. The lowest BCUT2D eigenvalue weighted by Crippen LogP contribution is -2.42. The van der Waals surface area contributed by atoms with Crippen LogP contribution in [-0.2, 0) is 9.59 Å². The van der Waals surface area contributed by atoms with Gasteiger partial charge in [0, 0.05) is 0 Å². The number of rotatable bonds is 2. The summed E-state index contributed by atoms with van der Waals surface area (Å²) in [5.41, 5.74) is -1.61. The van der Waals surface area contributed by atoms with Gasteiger partial charge < -0.3 is 15.7 Å². The maximum atomic E-state index is 11.1. The lowest BCUT2D eigenvalue weighted by atomic mass is 9.66. The number of hydrogen-bond acceptors (Lipinski definition) is 2. The molecule has 5 heteroatoms. The highest BCUT2D eigenvalue weighted by Gasteiger charge is 2.58. The summed E-state index contributed by atoms with van der Waals surface area (Å²) in [6.07, 6.45) is 0.886. The Hall–Kier alpha value is -1.10. The summed E-state index contributed by atoms with van der Waals surface area (Å²) in [7, 11) is 0. The molecule has 4 N–H and O–H groups in total. The third kappa shape index (κ3) is 1.71. The van der Waals surface area contributed by atoms with Gasteiger partial charge >= 0.3 is 11.9 Å². The minimum Gasteiger partial charge on any atom is -0.481 e. The molecule has 5 nitrogen and oxygen atoms in total. The average molecular weight is 218 g/mol. The van der Waals surface area contributed by atoms with E-state index in [2.05, 4.69) is 0 Å². The molecule has 0 aliphatic heterocycles. The van der Waals surface area contributed by atoms with Gasteiger partial charge in [-0.2, -0.15) is 0 Å². The summed E-state index contributed by atoms with van der Waals surface area (Å²) < 4.78 is 0. The Bertz CT molecular complexity index is 284. The van der Waals surface area contributed by atoms with E-state index >= 15 is 0 Å². The molecule has 0 bridgehead atoms. The van der Waals surface area contributed by atoms with Gasteiger partial charge in [-0.3, -0.25) is 9.59 Å². The van der Waals surface area contributed by atoms with Crippen molar-refractivity contribution in [2.45, 2.75) is 33.6 Å². The van der Waals surface area contributed by atoms with Crippen LogP contribution in [0.4, 0.5) is 0 Å². The molecule has 1 rings (SSSR count). The first kappa shape index (κ1) is 13.9. The molecule has 0 heterocycles. The Morgan fingerprint density at radius 2 is 1.67 bits per heavy atom. The summed E-state index contributed by atoms with van der Waals surface area (Å²) in [4.78, 5) is 22.0. The van der Waals surface area contributed by atoms with Crippen molar-refractivity contribution in [2.24, 2.45) is 16.7 Å². The first-order valence-electron chi connectivity index (χ1n) is 4.69. The van der Waals surface area contributed by atoms with E-state index in [4.69, 9.17) is 10.2 Å². The van der Waals surface area contributed by atoms with Gasteiger partial charge in [-0.05, 0) is 25.2 Å². The van der Waals surface area contributed by atoms with Gasteiger partial charge in [0.1, 0.15) is 0 Å². The zero-order chi connectivity index (χ0) is 11.1. The molecule has 1 saturated carbocycles. The minimum absolute atomic E-state index is 0. The molecule has 1 aliphatic rings. The van der Waals surface area contributed by atoms with Gasteiger partial charge in [0.05, 0.1) is 11.3 Å². The van der Waals surface area contributed by atoms with Crippen LogP contribution in [-0.4, -0.2) is 27.6 Å². The Morgan fingerprint density at radius 3 is 1.87 bits per heavy atom. The van der Waals surface area contributed by atoms with Gasteiger partial charge in [0.25, 0.3) is 0 Å². The third-order valence-electron chi connectivity index (χ3n) is 4.00. The van der Waals surface area contributed by atoms with Crippen LogP contribution in [0, 0.1) is 16.7 Å². The molecule has 0 aromatic carbocycles. The highest BCUT2D eigenvalue weighted by molar-refractivity contribution is 5.80. The van der Waals surface area contributed by atoms with Gasteiger partial charge in [-0.25, -0.2) is 0 Å². The molecule has 0 saturated heterocycles. The van der Waals surface area contributed by atoms with Crippen molar-refractivity contribution in [3.05, 3.63) is 0 Å². The van der Waals surface area contributed by atoms with Gasteiger partial charge in [0.2, 0.25) is 0 Å². The summed E-state index contributed by atoms with van der Waals surface area (Å²) in [5.74, 6) is -2.34. The molecule has 0 aromatic rings. The highest BCUT2D eigenvalue weighted by Crippen LogP contribution is 2.56. The first-order valence-corrected chi connectivity index (χ1v) is 4.69. The van der Waals surface area contributed by atoms with Crippen molar-refractivity contribution in [3.63, 3.8) is 0 Å². The van der Waals surface area contributed by atoms with Gasteiger partial charge in [0.15, 0.2) is 0 Å². The fraction of sp³-hybridized carbons (Fsp3) is 0.800. The zero-order valence-electron chi connectivity index (χ0n) is 9.20. The Morgan fingerprint density at radius 1 is 1.20 bits per heavy atom. The molecule has 2 atom stereocenters. The molecule has 0 amide bonds. The average Bonchev–Trinajstić information content (AvgIpc) is 2.24. The Balaban J connectivity index is 0.00000196. The number of aliphatic carboxylic acids is 2. The molecule has 1 unspecified atom stereocenters. The SMILES string of the molecule is CC1(C)C(C(=O)O)CC[C@@]1(C)C(=O)O.O. The second kappa shape index (κ2) is 3.81. The predicted octanol–water partition coefficient (Wildman–Crippen LogP) is 0.773. The molecular weight excluding hydrogens is 200 g/mol. The summed E-state index contributed by atoms with van der Waals surface area (Å²) in [6.45, 7) is 5.10. The van der Waals surface area contributed by atoms with Gasteiger partial charge in [-0.1, -0.05) is 13.8 Å². The van der Waals surface area contributed by atoms with Crippen molar-refractivity contribution >= 4 is 11.9 Å². The van der Waals surface area contributed by atoms with Crippen LogP contribution in [0.25, 0.3) is 0 Å². The van der Waals surface area contributed by atoms with Crippen LogP contribution < -0.4 is 0 Å². The number of carboxylic acids is 2.